The van der Waals surface area contributed by atoms with Gasteiger partial charge in [0.15, 0.2) is 0 Å². The van der Waals surface area contributed by atoms with Crippen molar-refractivity contribution in [2.24, 2.45) is 0 Å². The molecule has 6 nitrogen and oxygen atoms in total. The lowest BCUT2D eigenvalue weighted by Gasteiger charge is -2.03. The average molecular weight is 318 g/mol. The number of para-hydroxylation sites is 2. The summed E-state index contributed by atoms with van der Waals surface area (Å²) in [6.07, 6.45) is 0. The summed E-state index contributed by atoms with van der Waals surface area (Å²) in [4.78, 5) is 19.9. The van der Waals surface area contributed by atoms with Crippen LogP contribution in [-0.4, -0.2) is 21.0 Å². The Balaban J connectivity index is 1.55. The van der Waals surface area contributed by atoms with E-state index in [1.165, 1.54) is 0 Å². The Morgan fingerprint density at radius 2 is 1.92 bits per heavy atom. The molecule has 0 spiro atoms. The van der Waals surface area contributed by atoms with Crippen LogP contribution in [0.2, 0.25) is 0 Å². The lowest BCUT2D eigenvalue weighted by atomic mass is 10.2. The van der Waals surface area contributed by atoms with Gasteiger partial charge in [0.1, 0.15) is 5.82 Å². The molecule has 0 radical (unpaired) electrons. The van der Waals surface area contributed by atoms with Crippen molar-refractivity contribution in [3.63, 3.8) is 0 Å². The molecule has 2 aromatic carbocycles. The van der Waals surface area contributed by atoms with E-state index in [0.29, 0.717) is 11.4 Å². The van der Waals surface area contributed by atoms with Crippen LogP contribution in [0.5, 0.6) is 0 Å². The third-order valence-corrected chi connectivity index (χ3v) is 3.66. The van der Waals surface area contributed by atoms with E-state index in [2.05, 4.69) is 20.4 Å². The van der Waals surface area contributed by atoms with Crippen molar-refractivity contribution in [2.45, 2.75) is 6.92 Å². The van der Waals surface area contributed by atoms with Crippen molar-refractivity contribution in [3.05, 3.63) is 66.1 Å². The van der Waals surface area contributed by atoms with Crippen molar-refractivity contribution in [1.82, 2.24) is 15.1 Å². The number of rotatable bonds is 3. The average Bonchev–Trinajstić information content (AvgIpc) is 3.21. The molecule has 6 heteroatoms. The molecule has 0 bridgehead atoms. The fourth-order valence-corrected chi connectivity index (χ4v) is 2.46. The number of benzene rings is 2. The van der Waals surface area contributed by atoms with Crippen LogP contribution in [0.3, 0.4) is 0 Å². The van der Waals surface area contributed by atoms with Crippen LogP contribution in [0.4, 0.5) is 5.69 Å². The van der Waals surface area contributed by atoms with E-state index >= 15 is 0 Å². The van der Waals surface area contributed by atoms with Gasteiger partial charge in [0.25, 0.3) is 5.91 Å². The predicted octanol–water partition coefficient (Wildman–Crippen LogP) is 3.78. The van der Waals surface area contributed by atoms with E-state index in [1.54, 1.807) is 13.0 Å². The van der Waals surface area contributed by atoms with Gasteiger partial charge in [0, 0.05) is 17.3 Å². The van der Waals surface area contributed by atoms with E-state index in [1.807, 2.05) is 48.5 Å². The number of aromatic amines is 1. The van der Waals surface area contributed by atoms with Crippen molar-refractivity contribution in [3.8, 4) is 11.4 Å². The number of fused-ring (bicyclic) bond motifs is 1. The third-order valence-electron chi connectivity index (χ3n) is 3.66. The van der Waals surface area contributed by atoms with Crippen LogP contribution in [0.25, 0.3) is 22.4 Å². The molecule has 0 aliphatic carbocycles. The van der Waals surface area contributed by atoms with Gasteiger partial charge in [0.2, 0.25) is 5.76 Å². The highest BCUT2D eigenvalue weighted by Crippen LogP contribution is 2.22. The Labute approximate surface area is 137 Å². The zero-order chi connectivity index (χ0) is 16.5. The molecule has 0 aliphatic rings. The molecule has 0 atom stereocenters. The van der Waals surface area contributed by atoms with Gasteiger partial charge in [-0.1, -0.05) is 17.3 Å². The molecule has 2 N–H and O–H groups in total. The van der Waals surface area contributed by atoms with Crippen LogP contribution in [0, 0.1) is 6.92 Å². The summed E-state index contributed by atoms with van der Waals surface area (Å²) >= 11 is 0. The lowest BCUT2D eigenvalue weighted by molar-refractivity contribution is 0.0988. The van der Waals surface area contributed by atoms with Gasteiger partial charge in [-0.05, 0) is 43.3 Å². The normalized spacial score (nSPS) is 10.9. The molecular formula is C18H14N4O2. The zero-order valence-corrected chi connectivity index (χ0v) is 12.9. The lowest BCUT2D eigenvalue weighted by Crippen LogP contribution is -2.10. The van der Waals surface area contributed by atoms with Gasteiger partial charge in [-0.2, -0.15) is 0 Å². The first-order valence-electron chi connectivity index (χ1n) is 7.49. The van der Waals surface area contributed by atoms with Gasteiger partial charge in [-0.25, -0.2) is 4.98 Å². The SMILES string of the molecule is Cc1cc(C(=O)Nc2ccc(-c3nc4ccccc4[nH]3)cc2)on1. The second-order valence-corrected chi connectivity index (χ2v) is 5.47. The predicted molar refractivity (Wildman–Crippen MR) is 90.7 cm³/mol. The Hall–Kier alpha value is -3.41. The van der Waals surface area contributed by atoms with E-state index in [0.717, 1.165) is 22.4 Å². The summed E-state index contributed by atoms with van der Waals surface area (Å²) in [6, 6.07) is 16.9. The second-order valence-electron chi connectivity index (χ2n) is 5.47. The maximum absolute atomic E-state index is 12.0. The third kappa shape index (κ3) is 2.65. The first-order valence-corrected chi connectivity index (χ1v) is 7.49. The number of nitrogens with one attached hydrogen (secondary N) is 2. The first kappa shape index (κ1) is 14.2. The minimum Gasteiger partial charge on any atom is -0.351 e. The Bertz CT molecular complexity index is 982. The summed E-state index contributed by atoms with van der Waals surface area (Å²) in [5.41, 5.74) is 4.20. The van der Waals surface area contributed by atoms with Gasteiger partial charge in [-0.3, -0.25) is 4.79 Å². The highest BCUT2D eigenvalue weighted by Gasteiger charge is 2.12. The van der Waals surface area contributed by atoms with E-state index in [4.69, 9.17) is 4.52 Å². The molecule has 0 saturated heterocycles. The highest BCUT2D eigenvalue weighted by molar-refractivity contribution is 6.02. The van der Waals surface area contributed by atoms with Gasteiger partial charge in [-0.15, -0.1) is 0 Å². The Morgan fingerprint density at radius 1 is 1.12 bits per heavy atom. The topological polar surface area (TPSA) is 83.8 Å². The fraction of sp³-hybridized carbons (Fsp3) is 0.0556. The Kier molecular flexibility index (Phi) is 3.35. The number of nitrogens with zero attached hydrogens (tertiary/aromatic N) is 2. The zero-order valence-electron chi connectivity index (χ0n) is 12.9. The number of hydrogen-bond donors (Lipinski definition) is 2. The van der Waals surface area contributed by atoms with Crippen LogP contribution in [0.1, 0.15) is 16.2 Å². The molecule has 2 aromatic heterocycles. The number of aryl methyl sites for hydroxylation is 1. The van der Waals surface area contributed by atoms with Crippen LogP contribution in [0.15, 0.2) is 59.1 Å². The minimum absolute atomic E-state index is 0.189. The van der Waals surface area contributed by atoms with Crippen LogP contribution in [-0.2, 0) is 0 Å². The maximum Gasteiger partial charge on any atom is 0.294 e. The number of amides is 1. The smallest absolute Gasteiger partial charge is 0.294 e. The van der Waals surface area contributed by atoms with Gasteiger partial charge >= 0.3 is 0 Å². The number of imidazole rings is 1. The number of hydrogen-bond acceptors (Lipinski definition) is 4. The molecule has 118 valence electrons. The van der Waals surface area contributed by atoms with Crippen molar-refractivity contribution >= 4 is 22.6 Å². The number of carbonyl (C=O) groups excluding carboxylic acids is 1. The van der Waals surface area contributed by atoms with E-state index < -0.39 is 0 Å². The molecule has 0 fully saturated rings. The standard InChI is InChI=1S/C18H14N4O2/c1-11-10-16(24-22-11)18(23)19-13-8-6-12(7-9-13)17-20-14-4-2-3-5-15(14)21-17/h2-10H,1H3,(H,19,23)(H,20,21). The quantitative estimate of drug-likeness (QED) is 0.602. The number of anilines is 1. The second kappa shape index (κ2) is 5.66. The Morgan fingerprint density at radius 3 is 2.62 bits per heavy atom. The van der Waals surface area contributed by atoms with Crippen LogP contribution >= 0.6 is 0 Å². The fourth-order valence-electron chi connectivity index (χ4n) is 2.46. The number of aromatic nitrogens is 3. The molecule has 1 amide bonds. The summed E-state index contributed by atoms with van der Waals surface area (Å²) in [5.74, 6) is 0.654. The molecule has 0 unspecified atom stereocenters. The van der Waals surface area contributed by atoms with Gasteiger partial charge in [0.05, 0.1) is 16.7 Å². The molecule has 24 heavy (non-hydrogen) atoms. The molecule has 0 aliphatic heterocycles. The molecule has 0 saturated carbocycles. The first-order chi connectivity index (χ1) is 11.7. The molecule has 4 aromatic rings. The summed E-state index contributed by atoms with van der Waals surface area (Å²) in [5, 5.41) is 6.48. The molecule has 2 heterocycles. The monoisotopic (exact) mass is 318 g/mol. The number of H-pyrrole nitrogens is 1. The minimum atomic E-state index is -0.327. The van der Waals surface area contributed by atoms with Gasteiger partial charge < -0.3 is 14.8 Å². The van der Waals surface area contributed by atoms with Crippen molar-refractivity contribution < 1.29 is 9.32 Å². The highest BCUT2D eigenvalue weighted by atomic mass is 16.5. The summed E-state index contributed by atoms with van der Waals surface area (Å²) in [6.45, 7) is 1.77. The summed E-state index contributed by atoms with van der Waals surface area (Å²) < 4.78 is 4.95. The van der Waals surface area contributed by atoms with Crippen molar-refractivity contribution in [2.75, 3.05) is 5.32 Å². The van der Waals surface area contributed by atoms with Crippen LogP contribution < -0.4 is 5.32 Å². The van der Waals surface area contributed by atoms with Crippen molar-refractivity contribution in [1.29, 1.82) is 0 Å². The molecule has 4 rings (SSSR count). The van der Waals surface area contributed by atoms with E-state index in [9.17, 15) is 4.79 Å². The van der Waals surface area contributed by atoms with E-state index in [-0.39, 0.29) is 11.7 Å². The largest absolute Gasteiger partial charge is 0.351 e. The number of carbonyl (C=O) groups is 1. The molecular weight excluding hydrogens is 304 g/mol. The summed E-state index contributed by atoms with van der Waals surface area (Å²) in [7, 11) is 0. The maximum atomic E-state index is 12.0.